The number of hydrogen-bond acceptors (Lipinski definition) is 3. The average Bonchev–Trinajstić information content (AvgIpc) is 3.10. The smallest absolute Gasteiger partial charge is 0.225 e. The first-order chi connectivity index (χ1) is 11.4. The lowest BCUT2D eigenvalue weighted by molar-refractivity contribution is 0.434. The molecule has 4 rings (SSSR count). The Morgan fingerprint density at radius 3 is 2.52 bits per heavy atom. The summed E-state index contributed by atoms with van der Waals surface area (Å²) >= 11 is 0. The highest BCUT2D eigenvalue weighted by Gasteiger charge is 2.06. The second kappa shape index (κ2) is 5.97. The molecule has 0 atom stereocenters. The van der Waals surface area contributed by atoms with Crippen LogP contribution in [0.15, 0.2) is 83.4 Å². The van der Waals surface area contributed by atoms with E-state index in [2.05, 4.69) is 52.9 Å². The van der Waals surface area contributed by atoms with Gasteiger partial charge in [0.15, 0.2) is 0 Å². The van der Waals surface area contributed by atoms with Gasteiger partial charge in [0.1, 0.15) is 5.69 Å². The molecule has 0 fully saturated rings. The highest BCUT2D eigenvalue weighted by molar-refractivity contribution is 5.85. The van der Waals surface area contributed by atoms with Gasteiger partial charge in [-0.05, 0) is 16.3 Å². The Morgan fingerprint density at radius 2 is 1.61 bits per heavy atom. The molecule has 3 nitrogen and oxygen atoms in total. The molecule has 0 unspecified atom stereocenters. The highest BCUT2D eigenvalue weighted by atomic mass is 16.5. The summed E-state index contributed by atoms with van der Waals surface area (Å²) < 4.78 is 5.39. The van der Waals surface area contributed by atoms with E-state index in [-0.39, 0.29) is 0 Å². The molecule has 1 N–H and O–H groups in total. The van der Waals surface area contributed by atoms with Gasteiger partial charge in [-0.1, -0.05) is 78.0 Å². The number of nitrogens with one attached hydrogen (secondary N) is 1. The lowest BCUT2D eigenvalue weighted by Crippen LogP contribution is -1.98. The first-order valence-electron chi connectivity index (χ1n) is 7.63. The summed E-state index contributed by atoms with van der Waals surface area (Å²) in [6.45, 7) is 0.699. The Morgan fingerprint density at radius 1 is 0.826 bits per heavy atom. The lowest BCUT2D eigenvalue weighted by Gasteiger charge is -2.06. The molecule has 4 aromatic rings. The third-order valence-corrected chi connectivity index (χ3v) is 3.91. The van der Waals surface area contributed by atoms with E-state index in [4.69, 9.17) is 4.52 Å². The van der Waals surface area contributed by atoms with Gasteiger partial charge in [0, 0.05) is 18.2 Å². The molecule has 0 bridgehead atoms. The number of anilines is 1. The third-order valence-electron chi connectivity index (χ3n) is 3.91. The Kier molecular flexibility index (Phi) is 3.53. The molecule has 0 amide bonds. The van der Waals surface area contributed by atoms with E-state index in [1.165, 1.54) is 16.3 Å². The van der Waals surface area contributed by atoms with Crippen LogP contribution in [-0.2, 0) is 6.54 Å². The van der Waals surface area contributed by atoms with Crippen LogP contribution in [0.25, 0.3) is 22.0 Å². The van der Waals surface area contributed by atoms with Crippen LogP contribution in [0.4, 0.5) is 5.88 Å². The average molecular weight is 300 g/mol. The Hall–Kier alpha value is -3.07. The summed E-state index contributed by atoms with van der Waals surface area (Å²) in [5.74, 6) is 0.678. The summed E-state index contributed by atoms with van der Waals surface area (Å²) in [4.78, 5) is 0. The van der Waals surface area contributed by atoms with Gasteiger partial charge in [-0.15, -0.1) is 0 Å². The summed E-state index contributed by atoms with van der Waals surface area (Å²) in [5.41, 5.74) is 3.13. The summed E-state index contributed by atoms with van der Waals surface area (Å²) in [6.07, 6.45) is 0. The van der Waals surface area contributed by atoms with Crippen molar-refractivity contribution in [2.24, 2.45) is 0 Å². The van der Waals surface area contributed by atoms with Gasteiger partial charge >= 0.3 is 0 Å². The molecule has 0 aliphatic carbocycles. The molecule has 0 spiro atoms. The van der Waals surface area contributed by atoms with Crippen LogP contribution in [0, 0.1) is 0 Å². The number of rotatable bonds is 4. The normalized spacial score (nSPS) is 10.8. The maximum atomic E-state index is 5.39. The maximum absolute atomic E-state index is 5.39. The van der Waals surface area contributed by atoms with Gasteiger partial charge in [0.05, 0.1) is 0 Å². The zero-order valence-corrected chi connectivity index (χ0v) is 12.6. The molecule has 1 heterocycles. The quantitative estimate of drug-likeness (QED) is 0.569. The van der Waals surface area contributed by atoms with Crippen molar-refractivity contribution in [3.05, 3.63) is 84.4 Å². The van der Waals surface area contributed by atoms with Crippen molar-refractivity contribution in [2.75, 3.05) is 5.32 Å². The lowest BCUT2D eigenvalue weighted by atomic mass is 10.0. The molecule has 3 aromatic carbocycles. The Balaban J connectivity index is 1.54. The minimum Gasteiger partial charge on any atom is -0.350 e. The first-order valence-corrected chi connectivity index (χ1v) is 7.63. The van der Waals surface area contributed by atoms with Crippen LogP contribution >= 0.6 is 0 Å². The van der Waals surface area contributed by atoms with Crippen molar-refractivity contribution in [3.63, 3.8) is 0 Å². The standard InChI is InChI=1S/C20H16N2O/c1-2-8-16(9-3-1)19-13-20(23-22-19)21-14-17-11-6-10-15-7-4-5-12-18(15)17/h1-13,21H,14H2. The molecular formula is C20H16N2O. The van der Waals surface area contributed by atoms with E-state index < -0.39 is 0 Å². The molecule has 0 saturated heterocycles. The topological polar surface area (TPSA) is 38.1 Å². The van der Waals surface area contributed by atoms with Crippen molar-refractivity contribution in [3.8, 4) is 11.3 Å². The molecule has 0 aliphatic rings. The van der Waals surface area contributed by atoms with Crippen LogP contribution < -0.4 is 5.32 Å². The maximum Gasteiger partial charge on any atom is 0.225 e. The van der Waals surface area contributed by atoms with Crippen LogP contribution in [0.2, 0.25) is 0 Å². The number of hydrogen-bond donors (Lipinski definition) is 1. The zero-order chi connectivity index (χ0) is 15.5. The van der Waals surface area contributed by atoms with Crippen LogP contribution in [0.3, 0.4) is 0 Å². The minimum atomic E-state index is 0.678. The monoisotopic (exact) mass is 300 g/mol. The predicted octanol–water partition coefficient (Wildman–Crippen LogP) is 5.11. The van der Waals surface area contributed by atoms with E-state index in [1.54, 1.807) is 0 Å². The first kappa shape index (κ1) is 13.6. The largest absolute Gasteiger partial charge is 0.350 e. The van der Waals surface area contributed by atoms with Crippen LogP contribution in [0.5, 0.6) is 0 Å². The van der Waals surface area contributed by atoms with Gasteiger partial charge in [-0.2, -0.15) is 0 Å². The van der Waals surface area contributed by atoms with E-state index in [0.717, 1.165) is 11.3 Å². The molecule has 0 radical (unpaired) electrons. The summed E-state index contributed by atoms with van der Waals surface area (Å²) in [5, 5.41) is 9.94. The molecule has 0 aliphatic heterocycles. The minimum absolute atomic E-state index is 0.678. The third kappa shape index (κ3) is 2.81. The molecule has 23 heavy (non-hydrogen) atoms. The van der Waals surface area contributed by atoms with Gasteiger partial charge < -0.3 is 9.84 Å². The van der Waals surface area contributed by atoms with Crippen LogP contribution in [-0.4, -0.2) is 5.16 Å². The molecule has 3 heteroatoms. The van der Waals surface area contributed by atoms with E-state index in [9.17, 15) is 0 Å². The second-order valence-electron chi connectivity index (χ2n) is 5.43. The zero-order valence-electron chi connectivity index (χ0n) is 12.6. The Labute approximate surface area is 134 Å². The fourth-order valence-electron chi connectivity index (χ4n) is 2.73. The molecular weight excluding hydrogens is 284 g/mol. The predicted molar refractivity (Wildman–Crippen MR) is 93.2 cm³/mol. The molecule has 112 valence electrons. The fraction of sp³-hybridized carbons (Fsp3) is 0.0500. The van der Waals surface area contributed by atoms with Gasteiger partial charge in [0.25, 0.3) is 0 Å². The van der Waals surface area contributed by atoms with E-state index in [0.29, 0.717) is 12.4 Å². The fourth-order valence-corrected chi connectivity index (χ4v) is 2.73. The summed E-state index contributed by atoms with van der Waals surface area (Å²) in [6, 6.07) is 26.7. The van der Waals surface area contributed by atoms with Gasteiger partial charge in [-0.3, -0.25) is 0 Å². The molecule has 0 saturated carbocycles. The van der Waals surface area contributed by atoms with Crippen molar-refractivity contribution in [2.45, 2.75) is 6.54 Å². The van der Waals surface area contributed by atoms with E-state index in [1.807, 2.05) is 36.4 Å². The van der Waals surface area contributed by atoms with E-state index >= 15 is 0 Å². The van der Waals surface area contributed by atoms with Crippen molar-refractivity contribution < 1.29 is 4.52 Å². The molecule has 1 aromatic heterocycles. The number of fused-ring (bicyclic) bond motifs is 1. The van der Waals surface area contributed by atoms with Crippen molar-refractivity contribution in [1.29, 1.82) is 0 Å². The number of aromatic nitrogens is 1. The SMILES string of the molecule is c1ccc(-c2cc(NCc3cccc4ccccc34)on2)cc1. The van der Waals surface area contributed by atoms with Crippen molar-refractivity contribution >= 4 is 16.7 Å². The van der Waals surface area contributed by atoms with Crippen LogP contribution in [0.1, 0.15) is 5.56 Å². The summed E-state index contributed by atoms with van der Waals surface area (Å²) in [7, 11) is 0. The number of nitrogens with zero attached hydrogens (tertiary/aromatic N) is 1. The highest BCUT2D eigenvalue weighted by Crippen LogP contribution is 2.23. The van der Waals surface area contributed by atoms with Gasteiger partial charge in [0.2, 0.25) is 5.88 Å². The second-order valence-corrected chi connectivity index (χ2v) is 5.43. The Bertz CT molecular complexity index is 923. The number of benzene rings is 3. The van der Waals surface area contributed by atoms with Gasteiger partial charge in [-0.25, -0.2) is 0 Å². The van der Waals surface area contributed by atoms with Crippen molar-refractivity contribution in [1.82, 2.24) is 5.16 Å².